The molecule has 0 spiro atoms. The third kappa shape index (κ3) is 8.40. The average molecular weight is 650 g/mol. The van der Waals surface area contributed by atoms with Crippen LogP contribution in [0.2, 0.25) is 10.0 Å². The van der Waals surface area contributed by atoms with E-state index in [2.05, 4.69) is 34.9 Å². The molecule has 1 fully saturated rings. The number of nitrogens with two attached hydrogens (primary N) is 2. The molecule has 0 unspecified atom stereocenters. The van der Waals surface area contributed by atoms with Crippen molar-refractivity contribution >= 4 is 46.1 Å². The van der Waals surface area contributed by atoms with Crippen LogP contribution >= 0.6 is 23.2 Å². The van der Waals surface area contributed by atoms with Crippen molar-refractivity contribution in [3.63, 3.8) is 0 Å². The van der Waals surface area contributed by atoms with Gasteiger partial charge in [-0.25, -0.2) is 4.98 Å². The van der Waals surface area contributed by atoms with Gasteiger partial charge in [0.2, 0.25) is 0 Å². The number of benzene rings is 1. The van der Waals surface area contributed by atoms with Gasteiger partial charge in [0.1, 0.15) is 17.6 Å². The van der Waals surface area contributed by atoms with Crippen LogP contribution in [0.3, 0.4) is 0 Å². The number of nitrogen functional groups attached to an aromatic ring is 1. The Morgan fingerprint density at radius 3 is 2.42 bits per heavy atom. The highest BCUT2D eigenvalue weighted by molar-refractivity contribution is 6.35. The number of nitrogens with one attached hydrogen (secondary N) is 1. The third-order valence-corrected chi connectivity index (χ3v) is 8.00. The van der Waals surface area contributed by atoms with Crippen LogP contribution < -0.4 is 21.1 Å². The molecule has 1 aromatic carbocycles. The largest absolute Gasteiger partial charge is 0.496 e. The molecule has 1 aliphatic heterocycles. The summed E-state index contributed by atoms with van der Waals surface area (Å²) in [5, 5.41) is 19.9. The Balaban J connectivity index is 0.00000177. The lowest BCUT2D eigenvalue weighted by Gasteiger charge is -2.48. The number of hydrogen-bond acceptors (Lipinski definition) is 9. The summed E-state index contributed by atoms with van der Waals surface area (Å²) in [5.74, 6) is 1.07. The first-order chi connectivity index (χ1) is 21.4. The summed E-state index contributed by atoms with van der Waals surface area (Å²) >= 11 is 12.8. The number of rotatable bonds is 10. The van der Waals surface area contributed by atoms with Gasteiger partial charge in [0.25, 0.3) is 0 Å². The Kier molecular flexibility index (Phi) is 12.5. The van der Waals surface area contributed by atoms with E-state index in [1.54, 1.807) is 44.9 Å². The number of methoxy groups -OCH3 is 1. The lowest BCUT2D eigenvalue weighted by atomic mass is 9.85. The second kappa shape index (κ2) is 15.8. The molecule has 0 bridgehead atoms. The molecule has 1 saturated heterocycles. The van der Waals surface area contributed by atoms with E-state index in [4.69, 9.17) is 44.8 Å². The van der Waals surface area contributed by atoms with Crippen LogP contribution in [0.4, 0.5) is 11.5 Å². The normalized spacial score (nSPS) is 14.7. The molecule has 2 aromatic heterocycles. The second-order valence-corrected chi connectivity index (χ2v) is 12.1. The van der Waals surface area contributed by atoms with E-state index in [1.807, 2.05) is 37.0 Å². The molecule has 1 aliphatic rings. The Bertz CT molecular complexity index is 1600. The van der Waals surface area contributed by atoms with E-state index in [1.165, 1.54) is 6.42 Å². The van der Waals surface area contributed by atoms with Crippen molar-refractivity contribution in [1.82, 2.24) is 9.97 Å². The number of pyridine rings is 2. The predicted molar refractivity (Wildman–Crippen MR) is 187 cm³/mol. The first-order valence-electron chi connectivity index (χ1n) is 14.8. The van der Waals surface area contributed by atoms with Crippen LogP contribution in [0.5, 0.6) is 5.75 Å². The van der Waals surface area contributed by atoms with Crippen LogP contribution in [0.15, 0.2) is 53.9 Å². The number of nitrogens with zero attached hydrogens (tertiary/aromatic N) is 5. The minimum Gasteiger partial charge on any atom is -0.496 e. The number of hydrogen-bond donors (Lipinski definition) is 3. The lowest BCUT2D eigenvalue weighted by Crippen LogP contribution is -2.68. The highest BCUT2D eigenvalue weighted by atomic mass is 35.5. The van der Waals surface area contributed by atoms with Crippen LogP contribution in [0, 0.1) is 16.7 Å². The molecule has 0 aliphatic carbocycles. The van der Waals surface area contributed by atoms with Crippen LogP contribution in [-0.2, 0) is 6.42 Å². The van der Waals surface area contributed by atoms with Crippen molar-refractivity contribution in [3.05, 3.63) is 86.8 Å². The predicted octanol–water partition coefficient (Wildman–Crippen LogP) is 6.98. The van der Waals surface area contributed by atoms with Crippen LogP contribution in [-0.4, -0.2) is 54.2 Å². The van der Waals surface area contributed by atoms with Gasteiger partial charge in [0.15, 0.2) is 0 Å². The Hall–Kier alpha value is -3.97. The molecule has 0 saturated carbocycles. The Morgan fingerprint density at radius 2 is 1.87 bits per heavy atom. The number of allylic oxidation sites excluding steroid dienone is 2. The zero-order valence-corrected chi connectivity index (χ0v) is 28.3. The van der Waals surface area contributed by atoms with Crippen molar-refractivity contribution in [3.8, 4) is 11.8 Å². The number of aromatic nitrogens is 2. The summed E-state index contributed by atoms with van der Waals surface area (Å²) in [5.41, 5.74) is 16.9. The minimum atomic E-state index is -0.454. The van der Waals surface area contributed by atoms with E-state index in [0.717, 1.165) is 16.8 Å². The molecule has 3 heterocycles. The van der Waals surface area contributed by atoms with Gasteiger partial charge in [-0.3, -0.25) is 15.4 Å². The Morgan fingerprint density at radius 1 is 1.22 bits per heavy atom. The zero-order chi connectivity index (χ0) is 33.3. The maximum atomic E-state index is 9.95. The van der Waals surface area contributed by atoms with Gasteiger partial charge in [-0.15, -0.1) is 0 Å². The summed E-state index contributed by atoms with van der Waals surface area (Å²) in [6.45, 7) is 9.29. The van der Waals surface area contributed by atoms with Gasteiger partial charge in [-0.05, 0) is 48.6 Å². The van der Waals surface area contributed by atoms with Gasteiger partial charge in [-0.1, -0.05) is 56.5 Å². The number of ether oxygens (including phenoxy) is 1. The van der Waals surface area contributed by atoms with Gasteiger partial charge < -0.3 is 21.1 Å². The fourth-order valence-corrected chi connectivity index (χ4v) is 6.09. The molecule has 11 heteroatoms. The molecule has 0 amide bonds. The molecule has 5 N–H and O–H groups in total. The molecule has 238 valence electrons. The van der Waals surface area contributed by atoms with E-state index in [0.29, 0.717) is 69.9 Å². The fraction of sp³-hybridized carbons (Fsp3) is 0.382. The highest BCUT2D eigenvalue weighted by Gasteiger charge is 2.41. The van der Waals surface area contributed by atoms with Crippen molar-refractivity contribution in [2.24, 2.45) is 10.7 Å². The molecule has 45 heavy (non-hydrogen) atoms. The van der Waals surface area contributed by atoms with E-state index in [9.17, 15) is 5.26 Å². The number of halogens is 2. The van der Waals surface area contributed by atoms with Gasteiger partial charge >= 0.3 is 0 Å². The quantitative estimate of drug-likeness (QED) is 0.158. The van der Waals surface area contributed by atoms with Crippen molar-refractivity contribution in [2.75, 3.05) is 37.9 Å². The molecule has 3 aromatic rings. The van der Waals surface area contributed by atoms with Crippen molar-refractivity contribution in [1.29, 1.82) is 10.7 Å². The number of nitriles is 1. The zero-order valence-electron chi connectivity index (χ0n) is 26.8. The summed E-state index contributed by atoms with van der Waals surface area (Å²) in [6.07, 6.45) is 11.0. The second-order valence-electron chi connectivity index (χ2n) is 11.3. The highest BCUT2D eigenvalue weighted by Crippen LogP contribution is 2.36. The molecule has 0 radical (unpaired) electrons. The van der Waals surface area contributed by atoms with Crippen molar-refractivity contribution in [2.45, 2.75) is 58.4 Å². The maximum Gasteiger partial charge on any atom is 0.146 e. The monoisotopic (exact) mass is 648 g/mol. The maximum absolute atomic E-state index is 9.95. The molecule has 9 nitrogen and oxygen atoms in total. The van der Waals surface area contributed by atoms with Crippen LogP contribution in [0.1, 0.15) is 74.3 Å². The summed E-state index contributed by atoms with van der Waals surface area (Å²) < 4.78 is 5.61. The van der Waals surface area contributed by atoms with E-state index < -0.39 is 5.54 Å². The number of aliphatic imine (C=N–C) groups is 1. The molecular formula is C34H42Cl2N8O. The van der Waals surface area contributed by atoms with Crippen LogP contribution in [0.25, 0.3) is 0 Å². The van der Waals surface area contributed by atoms with Gasteiger partial charge in [0, 0.05) is 73.7 Å². The molecule has 4 rings (SSSR count). The third-order valence-electron chi connectivity index (χ3n) is 7.40. The summed E-state index contributed by atoms with van der Waals surface area (Å²) in [4.78, 5) is 14.9. The van der Waals surface area contributed by atoms with Crippen molar-refractivity contribution < 1.29 is 4.74 Å². The summed E-state index contributed by atoms with van der Waals surface area (Å²) in [6, 6.07) is 7.45. The first-order valence-corrected chi connectivity index (χ1v) is 15.6. The minimum absolute atomic E-state index is 0.0671. The SMILES string of the molecule is C/C=C\C(CC1(N)CN(c2ncc(C(=N)c3cc(C[C@H](C)c4c(Cl)cncc4Cl)c(OC)cc3N)cc2C#N)C1)=NC.CCC. The van der Waals surface area contributed by atoms with E-state index in [-0.39, 0.29) is 11.6 Å². The molecule has 1 atom stereocenters. The fourth-order valence-electron chi connectivity index (χ4n) is 5.36. The molecular weight excluding hydrogens is 607 g/mol. The first kappa shape index (κ1) is 35.5. The Labute approximate surface area is 276 Å². The standard InChI is InChI=1S/C31H34Cl2N8O.C3H8/c1-5-6-22(38-3)11-31(37)16-41(17-31)30-20(12-34)8-21(13-40-30)29(36)23-9-19(27(42-4)10-26(23)35)7-18(2)28-24(32)14-39-15-25(28)33;1-3-2/h5-6,8-10,13-15,18,36H,7,11,16-17,35,37H2,1-4H3;3H2,1-2H3/b6-5-,36-29?,38-22?;/t18-;/m0./s1. The average Bonchev–Trinajstić information content (AvgIpc) is 2.99. The smallest absolute Gasteiger partial charge is 0.146 e. The topological polar surface area (TPSA) is 150 Å². The van der Waals surface area contributed by atoms with E-state index >= 15 is 0 Å². The van der Waals surface area contributed by atoms with Gasteiger partial charge in [-0.2, -0.15) is 5.26 Å². The summed E-state index contributed by atoms with van der Waals surface area (Å²) in [7, 11) is 3.33. The van der Waals surface area contributed by atoms with Gasteiger partial charge in [0.05, 0.1) is 34.0 Å². The number of anilines is 2. The lowest BCUT2D eigenvalue weighted by molar-refractivity contribution is 0.342.